The monoisotopic (exact) mass is 454 g/mol. The number of hydrogen-bond acceptors (Lipinski definition) is 8. The molecule has 0 aliphatic carbocycles. The van der Waals surface area contributed by atoms with Gasteiger partial charge in [-0.25, -0.2) is 4.79 Å². The molecule has 32 heavy (non-hydrogen) atoms. The molecule has 0 fully saturated rings. The van der Waals surface area contributed by atoms with Crippen LogP contribution in [-0.2, 0) is 14.3 Å². The lowest BCUT2D eigenvalue weighted by molar-refractivity contribution is -0.113. The van der Waals surface area contributed by atoms with E-state index in [9.17, 15) is 14.4 Å². The van der Waals surface area contributed by atoms with Gasteiger partial charge in [0.2, 0.25) is 5.91 Å². The van der Waals surface area contributed by atoms with Crippen LogP contribution in [-0.4, -0.2) is 52.6 Å². The molecular formula is C22H22N4O5S. The number of nitrogens with one attached hydrogen (secondary N) is 2. The van der Waals surface area contributed by atoms with Crippen LogP contribution in [0, 0.1) is 0 Å². The number of carbonyl (C=O) groups is 2. The first-order valence-electron chi connectivity index (χ1n) is 9.87. The number of thioether (sulfide) groups is 1. The van der Waals surface area contributed by atoms with Crippen LogP contribution in [0.3, 0.4) is 0 Å². The lowest BCUT2D eigenvalue weighted by Gasteiger charge is -2.07. The SMILES string of the molecule is CCOCCOC(=O)c1ccc(NC(=O)CSc2nnc(-c3ccccc3)c(=O)[nH]2)cc1. The van der Waals surface area contributed by atoms with Gasteiger partial charge in [0, 0.05) is 17.9 Å². The average molecular weight is 455 g/mol. The standard InChI is InChI=1S/C22H22N4O5S/c1-2-30-12-13-31-21(29)16-8-10-17(11-9-16)23-18(27)14-32-22-24-20(28)19(25-26-22)15-6-4-3-5-7-15/h3-11H,2,12-14H2,1H3,(H,23,27)(H,24,26,28). The average Bonchev–Trinajstić information content (AvgIpc) is 2.81. The van der Waals surface area contributed by atoms with E-state index in [0.29, 0.717) is 30.0 Å². The minimum Gasteiger partial charge on any atom is -0.460 e. The molecule has 10 heteroatoms. The topological polar surface area (TPSA) is 123 Å². The molecule has 0 unspecified atom stereocenters. The van der Waals surface area contributed by atoms with E-state index in [1.807, 2.05) is 25.1 Å². The van der Waals surface area contributed by atoms with E-state index in [1.165, 1.54) is 0 Å². The molecular weight excluding hydrogens is 432 g/mol. The van der Waals surface area contributed by atoms with Crippen molar-refractivity contribution in [3.63, 3.8) is 0 Å². The molecule has 9 nitrogen and oxygen atoms in total. The van der Waals surface area contributed by atoms with Crippen LogP contribution in [0.5, 0.6) is 0 Å². The van der Waals surface area contributed by atoms with E-state index in [1.54, 1.807) is 36.4 Å². The lowest BCUT2D eigenvalue weighted by atomic mass is 10.2. The van der Waals surface area contributed by atoms with Gasteiger partial charge >= 0.3 is 5.97 Å². The van der Waals surface area contributed by atoms with Gasteiger partial charge in [-0.05, 0) is 31.2 Å². The van der Waals surface area contributed by atoms with Gasteiger partial charge in [0.1, 0.15) is 6.61 Å². The van der Waals surface area contributed by atoms with Crippen molar-refractivity contribution >= 4 is 29.3 Å². The summed E-state index contributed by atoms with van der Waals surface area (Å²) in [5.41, 5.74) is 1.41. The molecule has 1 amide bonds. The third-order valence-electron chi connectivity index (χ3n) is 4.13. The van der Waals surface area contributed by atoms with Gasteiger partial charge in [0.25, 0.3) is 5.56 Å². The number of anilines is 1. The van der Waals surface area contributed by atoms with Crippen LogP contribution < -0.4 is 10.9 Å². The van der Waals surface area contributed by atoms with Gasteiger partial charge in [-0.15, -0.1) is 10.2 Å². The Morgan fingerprint density at radius 1 is 1.03 bits per heavy atom. The van der Waals surface area contributed by atoms with Gasteiger partial charge in [0.05, 0.1) is 17.9 Å². The van der Waals surface area contributed by atoms with Crippen LogP contribution in [0.15, 0.2) is 64.5 Å². The van der Waals surface area contributed by atoms with Crippen LogP contribution in [0.2, 0.25) is 0 Å². The molecule has 2 aromatic carbocycles. The van der Waals surface area contributed by atoms with Crippen molar-refractivity contribution in [1.82, 2.24) is 15.2 Å². The van der Waals surface area contributed by atoms with Crippen molar-refractivity contribution in [3.05, 3.63) is 70.5 Å². The number of ether oxygens (including phenoxy) is 2. The summed E-state index contributed by atoms with van der Waals surface area (Å²) in [6, 6.07) is 15.3. The summed E-state index contributed by atoms with van der Waals surface area (Å²) in [4.78, 5) is 39.0. The Morgan fingerprint density at radius 3 is 2.47 bits per heavy atom. The molecule has 1 aromatic heterocycles. The highest BCUT2D eigenvalue weighted by Gasteiger charge is 2.11. The zero-order chi connectivity index (χ0) is 22.8. The van der Waals surface area contributed by atoms with E-state index >= 15 is 0 Å². The van der Waals surface area contributed by atoms with Crippen molar-refractivity contribution in [3.8, 4) is 11.3 Å². The van der Waals surface area contributed by atoms with Crippen molar-refractivity contribution in [1.29, 1.82) is 0 Å². The first-order valence-corrected chi connectivity index (χ1v) is 10.9. The van der Waals surface area contributed by atoms with Crippen LogP contribution >= 0.6 is 11.8 Å². The molecule has 0 atom stereocenters. The summed E-state index contributed by atoms with van der Waals surface area (Å²) >= 11 is 1.06. The van der Waals surface area contributed by atoms with Gasteiger partial charge in [-0.1, -0.05) is 42.1 Å². The minimum absolute atomic E-state index is 0.0243. The summed E-state index contributed by atoms with van der Waals surface area (Å²) < 4.78 is 10.2. The Balaban J connectivity index is 1.49. The molecule has 0 spiro atoms. The number of amides is 1. The zero-order valence-corrected chi connectivity index (χ0v) is 18.2. The number of benzene rings is 2. The third-order valence-corrected chi connectivity index (χ3v) is 5.00. The molecule has 0 saturated heterocycles. The molecule has 0 aliphatic rings. The number of nitrogens with zero attached hydrogens (tertiary/aromatic N) is 2. The van der Waals surface area contributed by atoms with E-state index < -0.39 is 5.97 Å². The molecule has 2 N–H and O–H groups in total. The highest BCUT2D eigenvalue weighted by molar-refractivity contribution is 7.99. The van der Waals surface area contributed by atoms with E-state index in [4.69, 9.17) is 9.47 Å². The molecule has 3 aromatic rings. The smallest absolute Gasteiger partial charge is 0.338 e. The molecule has 3 rings (SSSR count). The number of esters is 1. The molecule has 0 saturated carbocycles. The van der Waals surface area contributed by atoms with Crippen LogP contribution in [0.1, 0.15) is 17.3 Å². The maximum absolute atomic E-state index is 12.2. The zero-order valence-electron chi connectivity index (χ0n) is 17.4. The predicted molar refractivity (Wildman–Crippen MR) is 121 cm³/mol. The van der Waals surface area contributed by atoms with Gasteiger partial charge in [-0.3, -0.25) is 14.6 Å². The van der Waals surface area contributed by atoms with Gasteiger partial charge in [-0.2, -0.15) is 0 Å². The molecule has 0 bridgehead atoms. The van der Waals surface area contributed by atoms with Crippen molar-refractivity contribution < 1.29 is 19.1 Å². The van der Waals surface area contributed by atoms with Crippen molar-refractivity contribution in [2.75, 3.05) is 30.9 Å². The Kier molecular flexibility index (Phi) is 8.52. The first kappa shape index (κ1) is 23.2. The number of aromatic nitrogens is 3. The van der Waals surface area contributed by atoms with E-state index in [-0.39, 0.29) is 34.7 Å². The second-order valence-corrected chi connectivity index (χ2v) is 7.39. The number of H-pyrrole nitrogens is 1. The largest absolute Gasteiger partial charge is 0.460 e. The minimum atomic E-state index is -0.459. The highest BCUT2D eigenvalue weighted by Crippen LogP contribution is 2.15. The fourth-order valence-electron chi connectivity index (χ4n) is 2.61. The predicted octanol–water partition coefficient (Wildman–Crippen LogP) is 2.76. The maximum atomic E-state index is 12.2. The third kappa shape index (κ3) is 6.76. The highest BCUT2D eigenvalue weighted by atomic mass is 32.2. The molecule has 0 aliphatic heterocycles. The Labute approximate surface area is 188 Å². The summed E-state index contributed by atoms with van der Waals surface area (Å²) in [5.74, 6) is -0.729. The Bertz CT molecular complexity index is 1100. The molecule has 0 radical (unpaired) electrons. The molecule has 1 heterocycles. The summed E-state index contributed by atoms with van der Waals surface area (Å²) in [5, 5.41) is 10.9. The van der Waals surface area contributed by atoms with E-state index in [2.05, 4.69) is 20.5 Å². The number of carbonyl (C=O) groups excluding carboxylic acids is 2. The van der Waals surface area contributed by atoms with Crippen LogP contribution in [0.25, 0.3) is 11.3 Å². The Morgan fingerprint density at radius 2 is 1.78 bits per heavy atom. The van der Waals surface area contributed by atoms with Crippen molar-refractivity contribution in [2.24, 2.45) is 0 Å². The second-order valence-electron chi connectivity index (χ2n) is 6.42. The molecule has 166 valence electrons. The van der Waals surface area contributed by atoms with E-state index in [0.717, 1.165) is 11.8 Å². The fraction of sp³-hybridized carbons (Fsp3) is 0.227. The van der Waals surface area contributed by atoms with Gasteiger partial charge < -0.3 is 14.8 Å². The normalized spacial score (nSPS) is 10.5. The lowest BCUT2D eigenvalue weighted by Crippen LogP contribution is -2.17. The fourth-order valence-corrected chi connectivity index (χ4v) is 3.22. The van der Waals surface area contributed by atoms with Crippen molar-refractivity contribution in [2.45, 2.75) is 12.1 Å². The summed E-state index contributed by atoms with van der Waals surface area (Å²) in [7, 11) is 0. The summed E-state index contributed by atoms with van der Waals surface area (Å²) in [6.45, 7) is 2.95. The summed E-state index contributed by atoms with van der Waals surface area (Å²) in [6.07, 6.45) is 0. The van der Waals surface area contributed by atoms with Gasteiger partial charge in [0.15, 0.2) is 10.9 Å². The first-order chi connectivity index (χ1) is 15.6. The quantitative estimate of drug-likeness (QED) is 0.272. The number of hydrogen-bond donors (Lipinski definition) is 2. The second kappa shape index (κ2) is 11.8. The Hall–Kier alpha value is -3.50. The number of rotatable bonds is 10. The number of aromatic amines is 1. The van der Waals surface area contributed by atoms with Crippen LogP contribution in [0.4, 0.5) is 5.69 Å². The maximum Gasteiger partial charge on any atom is 0.338 e.